The molecular formula is C18H24N2O2. The fraction of sp³-hybridized carbons (Fsp3) is 0.556. The van der Waals surface area contributed by atoms with E-state index in [1.54, 1.807) is 24.4 Å². The first kappa shape index (κ1) is 15.1. The number of rotatable bonds is 3. The molecule has 0 spiro atoms. The molecule has 0 radical (unpaired) electrons. The molecule has 0 amide bonds. The number of benzene rings is 1. The molecule has 2 bridgehead atoms. The van der Waals surface area contributed by atoms with Gasteiger partial charge in [0, 0.05) is 11.1 Å². The average molecular weight is 300 g/mol. The second kappa shape index (κ2) is 5.11. The topological polar surface area (TPSA) is 54.2 Å². The van der Waals surface area contributed by atoms with Gasteiger partial charge in [-0.2, -0.15) is 10.2 Å². The Labute approximate surface area is 131 Å². The zero-order valence-corrected chi connectivity index (χ0v) is 13.8. The molecule has 1 aromatic rings. The van der Waals surface area contributed by atoms with Gasteiger partial charge in [0.15, 0.2) is 11.5 Å². The Balaban J connectivity index is 1.81. The van der Waals surface area contributed by atoms with E-state index in [0.717, 1.165) is 17.9 Å². The Morgan fingerprint density at radius 3 is 2.68 bits per heavy atom. The first-order valence-electron chi connectivity index (χ1n) is 7.86. The minimum atomic E-state index is 0.133. The molecule has 2 atom stereocenters. The molecule has 2 aliphatic rings. The maximum Gasteiger partial charge on any atom is 0.161 e. The second-order valence-corrected chi connectivity index (χ2v) is 7.22. The first-order valence-corrected chi connectivity index (χ1v) is 7.86. The van der Waals surface area contributed by atoms with Crippen LogP contribution in [-0.2, 0) is 0 Å². The summed E-state index contributed by atoms with van der Waals surface area (Å²) in [5.41, 5.74) is 2.60. The first-order chi connectivity index (χ1) is 10.4. The number of hydrogen-bond acceptors (Lipinski definition) is 4. The molecule has 0 heterocycles. The maximum absolute atomic E-state index is 9.60. The van der Waals surface area contributed by atoms with Gasteiger partial charge in [0.25, 0.3) is 0 Å². The van der Waals surface area contributed by atoms with Crippen LogP contribution in [0.15, 0.2) is 28.4 Å². The maximum atomic E-state index is 9.60. The molecule has 4 heteroatoms. The molecule has 1 N–H and O–H groups in total. The number of nitrogens with zero attached hydrogens (tertiary/aromatic N) is 2. The third-order valence-corrected chi connectivity index (χ3v) is 6.10. The normalized spacial score (nSPS) is 31.3. The summed E-state index contributed by atoms with van der Waals surface area (Å²) >= 11 is 0. The van der Waals surface area contributed by atoms with Gasteiger partial charge in [-0.05, 0) is 54.4 Å². The van der Waals surface area contributed by atoms with Crippen molar-refractivity contribution >= 4 is 11.9 Å². The van der Waals surface area contributed by atoms with Crippen LogP contribution in [0.2, 0.25) is 0 Å². The smallest absolute Gasteiger partial charge is 0.161 e. The van der Waals surface area contributed by atoms with Crippen LogP contribution in [0, 0.1) is 16.7 Å². The summed E-state index contributed by atoms with van der Waals surface area (Å²) in [7, 11) is 1.54. The van der Waals surface area contributed by atoms with Gasteiger partial charge in [-0.25, -0.2) is 0 Å². The zero-order valence-electron chi connectivity index (χ0n) is 13.8. The molecule has 2 aliphatic carbocycles. The molecule has 3 rings (SSSR count). The molecule has 0 saturated heterocycles. The highest BCUT2D eigenvalue weighted by Gasteiger charge is 2.59. The van der Waals surface area contributed by atoms with Gasteiger partial charge < -0.3 is 9.84 Å². The van der Waals surface area contributed by atoms with Crippen LogP contribution in [0.1, 0.15) is 45.6 Å². The van der Waals surface area contributed by atoms with Crippen molar-refractivity contribution in [3.05, 3.63) is 23.8 Å². The van der Waals surface area contributed by atoms with Crippen LogP contribution >= 0.6 is 0 Å². The molecule has 2 saturated carbocycles. The van der Waals surface area contributed by atoms with Crippen molar-refractivity contribution in [1.29, 1.82) is 0 Å². The zero-order chi connectivity index (χ0) is 16.0. The van der Waals surface area contributed by atoms with Crippen LogP contribution in [0.5, 0.6) is 11.5 Å². The lowest BCUT2D eigenvalue weighted by Gasteiger charge is -2.34. The molecule has 0 aromatic heterocycles. The van der Waals surface area contributed by atoms with Gasteiger partial charge >= 0.3 is 0 Å². The molecule has 2 fully saturated rings. The third-order valence-electron chi connectivity index (χ3n) is 6.10. The Hall–Kier alpha value is -1.84. The highest BCUT2D eigenvalue weighted by Crippen LogP contribution is 2.63. The van der Waals surface area contributed by atoms with Gasteiger partial charge in [0.2, 0.25) is 0 Å². The van der Waals surface area contributed by atoms with E-state index in [-0.39, 0.29) is 11.2 Å². The van der Waals surface area contributed by atoms with Crippen molar-refractivity contribution in [2.24, 2.45) is 27.0 Å². The predicted molar refractivity (Wildman–Crippen MR) is 88.9 cm³/mol. The van der Waals surface area contributed by atoms with Gasteiger partial charge in [-0.15, -0.1) is 0 Å². The van der Waals surface area contributed by atoms with Crippen molar-refractivity contribution in [3.8, 4) is 11.5 Å². The lowest BCUT2D eigenvalue weighted by atomic mass is 9.70. The number of hydrogen-bond donors (Lipinski definition) is 1. The van der Waals surface area contributed by atoms with Crippen LogP contribution < -0.4 is 4.74 Å². The summed E-state index contributed by atoms with van der Waals surface area (Å²) in [5, 5.41) is 18.4. The number of aromatic hydroxyl groups is 1. The number of ether oxygens (including phenoxy) is 1. The highest BCUT2D eigenvalue weighted by atomic mass is 16.5. The lowest BCUT2D eigenvalue weighted by Crippen LogP contribution is -2.32. The number of methoxy groups -OCH3 is 1. The minimum absolute atomic E-state index is 0.133. The molecule has 1 aromatic carbocycles. The minimum Gasteiger partial charge on any atom is -0.504 e. The van der Waals surface area contributed by atoms with Gasteiger partial charge in [-0.1, -0.05) is 20.8 Å². The Kier molecular flexibility index (Phi) is 3.50. The molecule has 0 unspecified atom stereocenters. The Morgan fingerprint density at radius 2 is 2.09 bits per heavy atom. The van der Waals surface area contributed by atoms with E-state index < -0.39 is 0 Å². The molecule has 0 aliphatic heterocycles. The summed E-state index contributed by atoms with van der Waals surface area (Å²) in [4.78, 5) is 0. The van der Waals surface area contributed by atoms with Crippen LogP contribution in [-0.4, -0.2) is 24.1 Å². The van der Waals surface area contributed by atoms with E-state index >= 15 is 0 Å². The van der Waals surface area contributed by atoms with Crippen molar-refractivity contribution in [1.82, 2.24) is 0 Å². The number of phenols is 1. The van der Waals surface area contributed by atoms with Crippen LogP contribution in [0.25, 0.3) is 0 Å². The van der Waals surface area contributed by atoms with Gasteiger partial charge in [0.05, 0.1) is 13.3 Å². The fourth-order valence-corrected chi connectivity index (χ4v) is 4.02. The Morgan fingerprint density at radius 1 is 1.32 bits per heavy atom. The number of fused-ring (bicyclic) bond motifs is 2. The monoisotopic (exact) mass is 300 g/mol. The van der Waals surface area contributed by atoms with Crippen molar-refractivity contribution < 1.29 is 9.84 Å². The fourth-order valence-electron chi connectivity index (χ4n) is 4.02. The quantitative estimate of drug-likeness (QED) is 0.677. The summed E-state index contributed by atoms with van der Waals surface area (Å²) in [6, 6.07) is 5.16. The summed E-state index contributed by atoms with van der Waals surface area (Å²) < 4.78 is 5.10. The van der Waals surface area contributed by atoms with Crippen molar-refractivity contribution in [2.75, 3.05) is 7.11 Å². The molecule has 4 nitrogen and oxygen atoms in total. The van der Waals surface area contributed by atoms with E-state index in [9.17, 15) is 5.11 Å². The van der Waals surface area contributed by atoms with Crippen LogP contribution in [0.3, 0.4) is 0 Å². The van der Waals surface area contributed by atoms with E-state index in [1.807, 2.05) is 0 Å². The largest absolute Gasteiger partial charge is 0.504 e. The summed E-state index contributed by atoms with van der Waals surface area (Å²) in [6.07, 6.45) is 5.31. The standard InChI is InChI=1S/C18H24N2O2/c1-17(2)13-7-8-18(17,3)16(10-13)20-19-11-12-5-6-14(21)15(9-12)22-4/h5-6,9,11,13,21H,7-8,10H2,1-4H3/b19-11+,20-16-/t13-,18+/m1/s1. The van der Waals surface area contributed by atoms with E-state index in [1.165, 1.54) is 25.7 Å². The average Bonchev–Trinajstić information content (AvgIpc) is 2.82. The van der Waals surface area contributed by atoms with E-state index in [0.29, 0.717) is 11.2 Å². The lowest BCUT2D eigenvalue weighted by molar-refractivity contribution is 0.194. The van der Waals surface area contributed by atoms with E-state index in [2.05, 4.69) is 31.0 Å². The SMILES string of the molecule is COc1cc(/C=N/N=C2/C[C@H]3CC[C@]2(C)C3(C)C)ccc1O. The van der Waals surface area contributed by atoms with Crippen molar-refractivity contribution in [2.45, 2.75) is 40.0 Å². The van der Waals surface area contributed by atoms with Gasteiger partial charge in [0.1, 0.15) is 0 Å². The van der Waals surface area contributed by atoms with Crippen molar-refractivity contribution in [3.63, 3.8) is 0 Å². The second-order valence-electron chi connectivity index (χ2n) is 7.22. The Bertz CT molecular complexity index is 648. The summed E-state index contributed by atoms with van der Waals surface area (Å²) in [5.74, 6) is 1.32. The molecular weight excluding hydrogens is 276 g/mol. The highest BCUT2D eigenvalue weighted by molar-refractivity contribution is 5.94. The van der Waals surface area contributed by atoms with E-state index in [4.69, 9.17) is 4.74 Å². The molecule has 22 heavy (non-hydrogen) atoms. The number of phenolic OH excluding ortho intramolecular Hbond substituents is 1. The third kappa shape index (κ3) is 2.13. The predicted octanol–water partition coefficient (Wildman–Crippen LogP) is 4.02. The van der Waals surface area contributed by atoms with Gasteiger partial charge in [-0.3, -0.25) is 0 Å². The summed E-state index contributed by atoms with van der Waals surface area (Å²) in [6.45, 7) is 7.06. The van der Waals surface area contributed by atoms with Crippen LogP contribution in [0.4, 0.5) is 0 Å². The molecule has 118 valence electrons.